The Hall–Kier alpha value is -2.50. The molecule has 2 heterocycles. The van der Waals surface area contributed by atoms with Crippen molar-refractivity contribution in [2.45, 2.75) is 39.7 Å². The van der Waals surface area contributed by atoms with Gasteiger partial charge in [0.25, 0.3) is 0 Å². The zero-order valence-corrected chi connectivity index (χ0v) is 18.6. The number of anilines is 2. The van der Waals surface area contributed by atoms with Crippen LogP contribution in [0.5, 0.6) is 11.5 Å². The molecule has 0 radical (unpaired) electrons. The van der Waals surface area contributed by atoms with Gasteiger partial charge in [-0.15, -0.1) is 0 Å². The fourth-order valence-corrected chi connectivity index (χ4v) is 4.66. The highest BCUT2D eigenvalue weighted by Crippen LogP contribution is 2.33. The fourth-order valence-electron chi connectivity index (χ4n) is 4.66. The van der Waals surface area contributed by atoms with Gasteiger partial charge in [0, 0.05) is 50.7 Å². The molecule has 2 aliphatic rings. The zero-order chi connectivity index (χ0) is 22.0. The van der Waals surface area contributed by atoms with E-state index in [4.69, 9.17) is 9.47 Å². The van der Waals surface area contributed by atoms with E-state index in [-0.39, 0.29) is 23.7 Å². The lowest BCUT2D eigenvalue weighted by Crippen LogP contribution is -2.44. The molecule has 0 aliphatic carbocycles. The molecule has 3 unspecified atom stereocenters. The molecule has 0 N–H and O–H groups in total. The highest BCUT2D eigenvalue weighted by molar-refractivity contribution is 5.53. The van der Waals surface area contributed by atoms with Crippen LogP contribution in [0.25, 0.3) is 0 Å². The third kappa shape index (κ3) is 4.89. The smallest absolute Gasteiger partial charge is 0.150 e. The number of rotatable bonds is 6. The topological polar surface area (TPSA) is 24.9 Å². The summed E-state index contributed by atoms with van der Waals surface area (Å²) in [6.07, 6.45) is 1.81. The van der Waals surface area contributed by atoms with Gasteiger partial charge < -0.3 is 19.3 Å². The molecule has 2 aromatic rings. The van der Waals surface area contributed by atoms with Crippen molar-refractivity contribution in [1.29, 1.82) is 0 Å². The lowest BCUT2D eigenvalue weighted by atomic mass is 9.95. The number of nitrogens with zero attached hydrogens (tertiary/aromatic N) is 2. The first-order valence-electron chi connectivity index (χ1n) is 11.3. The number of halogens is 2. The summed E-state index contributed by atoms with van der Waals surface area (Å²) in [4.78, 5) is 4.15. The summed E-state index contributed by atoms with van der Waals surface area (Å²) in [7, 11) is 0. The van der Waals surface area contributed by atoms with E-state index >= 15 is 0 Å². The van der Waals surface area contributed by atoms with Crippen molar-refractivity contribution in [1.82, 2.24) is 0 Å². The maximum atomic E-state index is 14.7. The molecule has 6 heteroatoms. The number of ether oxygens (including phenoxy) is 2. The van der Waals surface area contributed by atoms with E-state index < -0.39 is 0 Å². The first-order chi connectivity index (χ1) is 14.9. The van der Waals surface area contributed by atoms with Crippen LogP contribution in [-0.4, -0.2) is 38.9 Å². The van der Waals surface area contributed by atoms with Gasteiger partial charge >= 0.3 is 0 Å². The molecular formula is C25H32F2N2O2. The van der Waals surface area contributed by atoms with Crippen LogP contribution in [0, 0.1) is 23.5 Å². The molecule has 0 aromatic heterocycles. The Labute approximate surface area is 183 Å². The molecule has 31 heavy (non-hydrogen) atoms. The molecule has 0 amide bonds. The number of hydrogen-bond acceptors (Lipinski definition) is 4. The van der Waals surface area contributed by atoms with Crippen LogP contribution in [0.2, 0.25) is 0 Å². The van der Waals surface area contributed by atoms with E-state index in [1.165, 1.54) is 12.1 Å². The van der Waals surface area contributed by atoms with Crippen LogP contribution in [0.1, 0.15) is 33.6 Å². The van der Waals surface area contributed by atoms with E-state index in [2.05, 4.69) is 18.7 Å². The molecule has 2 aromatic carbocycles. The summed E-state index contributed by atoms with van der Waals surface area (Å²) >= 11 is 0. The lowest BCUT2D eigenvalue weighted by Gasteiger charge is -2.38. The quantitative estimate of drug-likeness (QED) is 0.604. The minimum atomic E-state index is -0.246. The third-order valence-corrected chi connectivity index (χ3v) is 6.37. The Balaban J connectivity index is 1.40. The van der Waals surface area contributed by atoms with Crippen molar-refractivity contribution < 1.29 is 18.3 Å². The van der Waals surface area contributed by atoms with Crippen LogP contribution in [-0.2, 0) is 0 Å². The second-order valence-corrected chi connectivity index (χ2v) is 8.87. The van der Waals surface area contributed by atoms with Crippen LogP contribution in [0.4, 0.5) is 20.2 Å². The number of hydrogen-bond donors (Lipinski definition) is 0. The Morgan fingerprint density at radius 1 is 0.871 bits per heavy atom. The maximum absolute atomic E-state index is 14.7. The molecule has 0 spiro atoms. The molecule has 3 atom stereocenters. The van der Waals surface area contributed by atoms with Gasteiger partial charge in [-0.05, 0) is 43.5 Å². The SMILES string of the molecule is CCOc1ccc(F)c(N2CCC(Oc3ccc(N4CCC(C)C4)c(F)c3)C(C)C2)c1. The van der Waals surface area contributed by atoms with Crippen LogP contribution < -0.4 is 19.3 Å². The van der Waals surface area contributed by atoms with E-state index in [1.807, 2.05) is 24.0 Å². The van der Waals surface area contributed by atoms with Gasteiger partial charge in [0.1, 0.15) is 29.2 Å². The summed E-state index contributed by atoms with van der Waals surface area (Å²) in [5, 5.41) is 0. The van der Waals surface area contributed by atoms with Gasteiger partial charge in [0.05, 0.1) is 18.0 Å². The Morgan fingerprint density at radius 3 is 2.29 bits per heavy atom. The molecular weight excluding hydrogens is 398 g/mol. The van der Waals surface area contributed by atoms with E-state index in [1.54, 1.807) is 12.1 Å². The van der Waals surface area contributed by atoms with Gasteiger partial charge in [0.15, 0.2) is 0 Å². The van der Waals surface area contributed by atoms with Crippen molar-refractivity contribution in [2.75, 3.05) is 42.6 Å². The van der Waals surface area contributed by atoms with Crippen LogP contribution in [0.15, 0.2) is 36.4 Å². The Morgan fingerprint density at radius 2 is 1.61 bits per heavy atom. The van der Waals surface area contributed by atoms with Gasteiger partial charge in [-0.1, -0.05) is 13.8 Å². The van der Waals surface area contributed by atoms with Crippen molar-refractivity contribution in [3.63, 3.8) is 0 Å². The maximum Gasteiger partial charge on any atom is 0.150 e. The lowest BCUT2D eigenvalue weighted by molar-refractivity contribution is 0.121. The van der Waals surface area contributed by atoms with Gasteiger partial charge in [-0.25, -0.2) is 8.78 Å². The van der Waals surface area contributed by atoms with Crippen molar-refractivity contribution >= 4 is 11.4 Å². The predicted octanol–water partition coefficient (Wildman–Crippen LogP) is 5.50. The molecule has 4 nitrogen and oxygen atoms in total. The minimum Gasteiger partial charge on any atom is -0.494 e. The van der Waals surface area contributed by atoms with Crippen molar-refractivity contribution in [3.05, 3.63) is 48.0 Å². The van der Waals surface area contributed by atoms with Crippen molar-refractivity contribution in [3.8, 4) is 11.5 Å². The van der Waals surface area contributed by atoms with Crippen molar-refractivity contribution in [2.24, 2.45) is 11.8 Å². The van der Waals surface area contributed by atoms with E-state index in [0.29, 0.717) is 48.5 Å². The fraction of sp³-hybridized carbons (Fsp3) is 0.520. The van der Waals surface area contributed by atoms with E-state index in [9.17, 15) is 8.78 Å². The summed E-state index contributed by atoms with van der Waals surface area (Å²) in [6.45, 7) is 9.89. The first-order valence-corrected chi connectivity index (χ1v) is 11.3. The normalized spacial score (nSPS) is 23.8. The summed E-state index contributed by atoms with van der Waals surface area (Å²) in [5.74, 6) is 1.53. The standard InChI is InChI=1S/C25H32F2N2O2/c1-4-30-19-5-7-21(26)24(14-19)29-12-10-25(18(3)16-29)31-20-6-8-23(22(27)13-20)28-11-9-17(2)15-28/h5-8,13-14,17-18,25H,4,9-12,15-16H2,1-3H3. The molecule has 2 fully saturated rings. The summed E-state index contributed by atoms with van der Waals surface area (Å²) in [5.41, 5.74) is 1.22. The largest absolute Gasteiger partial charge is 0.494 e. The third-order valence-electron chi connectivity index (χ3n) is 6.37. The first kappa shape index (κ1) is 21.7. The monoisotopic (exact) mass is 430 g/mol. The summed E-state index contributed by atoms with van der Waals surface area (Å²) < 4.78 is 40.8. The minimum absolute atomic E-state index is 0.0357. The zero-order valence-electron chi connectivity index (χ0n) is 18.6. The summed E-state index contributed by atoms with van der Waals surface area (Å²) in [6, 6.07) is 10.1. The predicted molar refractivity (Wildman–Crippen MR) is 120 cm³/mol. The molecule has 2 saturated heterocycles. The Bertz CT molecular complexity index is 907. The van der Waals surface area contributed by atoms with Gasteiger partial charge in [-0.2, -0.15) is 0 Å². The van der Waals surface area contributed by atoms with Gasteiger partial charge in [-0.3, -0.25) is 0 Å². The second-order valence-electron chi connectivity index (χ2n) is 8.87. The Kier molecular flexibility index (Phi) is 6.54. The van der Waals surface area contributed by atoms with Crippen LogP contribution >= 0.6 is 0 Å². The number of benzene rings is 2. The molecule has 0 saturated carbocycles. The molecule has 2 aliphatic heterocycles. The molecule has 168 valence electrons. The average molecular weight is 431 g/mol. The average Bonchev–Trinajstić information content (AvgIpc) is 3.17. The highest BCUT2D eigenvalue weighted by Gasteiger charge is 2.29. The van der Waals surface area contributed by atoms with Crippen LogP contribution in [0.3, 0.4) is 0 Å². The van der Waals surface area contributed by atoms with E-state index in [0.717, 1.165) is 25.9 Å². The molecule has 0 bridgehead atoms. The molecule has 4 rings (SSSR count). The van der Waals surface area contributed by atoms with Gasteiger partial charge in [0.2, 0.25) is 0 Å². The number of piperidine rings is 1. The second kappa shape index (κ2) is 9.33. The highest BCUT2D eigenvalue weighted by atomic mass is 19.1.